The predicted octanol–water partition coefficient (Wildman–Crippen LogP) is 1.33. The Bertz CT molecular complexity index is 152. The van der Waals surface area contributed by atoms with E-state index in [0.29, 0.717) is 5.88 Å². The number of hydrogen-bond acceptors (Lipinski definition) is 2. The highest BCUT2D eigenvalue weighted by molar-refractivity contribution is 6.17. The van der Waals surface area contributed by atoms with E-state index in [0.717, 1.165) is 13.0 Å². The molecule has 0 bridgehead atoms. The molecule has 0 atom stereocenters. The third-order valence-corrected chi connectivity index (χ3v) is 1.25. The Morgan fingerprint density at radius 3 is 2.80 bits per heavy atom. The van der Waals surface area contributed by atoms with E-state index >= 15 is 0 Å². The molecule has 1 heterocycles. The van der Waals surface area contributed by atoms with Crippen molar-refractivity contribution < 1.29 is 0 Å². The molecule has 0 saturated heterocycles. The van der Waals surface area contributed by atoms with Crippen LogP contribution >= 0.6 is 24.0 Å². The maximum absolute atomic E-state index is 5.46. The number of alkyl halides is 1. The Morgan fingerprint density at radius 2 is 2.30 bits per heavy atom. The average molecular weight is 182 g/mol. The Morgan fingerprint density at radius 1 is 1.50 bits per heavy atom. The highest BCUT2D eigenvalue weighted by Crippen LogP contribution is 1.88. The van der Waals surface area contributed by atoms with E-state index < -0.39 is 0 Å². The first-order valence-corrected chi connectivity index (χ1v) is 3.35. The molecule has 0 amide bonds. The lowest BCUT2D eigenvalue weighted by atomic mass is 10.5. The third-order valence-electron chi connectivity index (χ3n) is 0.987. The molecule has 58 valence electrons. The van der Waals surface area contributed by atoms with Crippen molar-refractivity contribution in [1.82, 2.24) is 14.8 Å². The highest BCUT2D eigenvalue weighted by atomic mass is 35.5. The number of hydrogen-bond donors (Lipinski definition) is 0. The van der Waals surface area contributed by atoms with Crippen molar-refractivity contribution in [1.29, 1.82) is 0 Å². The topological polar surface area (TPSA) is 30.7 Å². The van der Waals surface area contributed by atoms with E-state index in [9.17, 15) is 0 Å². The van der Waals surface area contributed by atoms with E-state index in [1.165, 1.54) is 6.33 Å². The smallest absolute Gasteiger partial charge is 0.137 e. The molecular formula is C5H9Cl2N3. The second-order valence-corrected chi connectivity index (χ2v) is 2.08. The summed E-state index contributed by atoms with van der Waals surface area (Å²) in [5, 5.41) is 3.90. The van der Waals surface area contributed by atoms with Gasteiger partial charge in [0.2, 0.25) is 0 Å². The van der Waals surface area contributed by atoms with Gasteiger partial charge < -0.3 is 0 Å². The fourth-order valence-corrected chi connectivity index (χ4v) is 0.689. The van der Waals surface area contributed by atoms with Gasteiger partial charge in [-0.15, -0.1) is 24.0 Å². The quantitative estimate of drug-likeness (QED) is 0.660. The van der Waals surface area contributed by atoms with Gasteiger partial charge in [0, 0.05) is 12.4 Å². The summed E-state index contributed by atoms with van der Waals surface area (Å²) >= 11 is 5.46. The minimum absolute atomic E-state index is 0. The van der Waals surface area contributed by atoms with Crippen LogP contribution in [0.4, 0.5) is 0 Å². The number of aryl methyl sites for hydroxylation is 1. The van der Waals surface area contributed by atoms with Crippen molar-refractivity contribution in [3.63, 3.8) is 0 Å². The van der Waals surface area contributed by atoms with Gasteiger partial charge in [-0.25, -0.2) is 4.98 Å². The summed E-state index contributed by atoms with van der Waals surface area (Å²) in [6, 6.07) is 0. The van der Waals surface area contributed by atoms with Crippen molar-refractivity contribution in [3.8, 4) is 0 Å². The summed E-state index contributed by atoms with van der Waals surface area (Å²) < 4.78 is 1.77. The summed E-state index contributed by atoms with van der Waals surface area (Å²) in [7, 11) is 0. The van der Waals surface area contributed by atoms with Crippen LogP contribution < -0.4 is 0 Å². The summed E-state index contributed by atoms with van der Waals surface area (Å²) in [4.78, 5) is 3.78. The van der Waals surface area contributed by atoms with Crippen molar-refractivity contribution in [2.45, 2.75) is 13.0 Å². The maximum Gasteiger partial charge on any atom is 0.137 e. The van der Waals surface area contributed by atoms with E-state index in [1.807, 2.05) is 0 Å². The molecule has 0 aliphatic carbocycles. The van der Waals surface area contributed by atoms with Crippen LogP contribution in [-0.4, -0.2) is 20.6 Å². The average Bonchev–Trinajstić information content (AvgIpc) is 2.34. The van der Waals surface area contributed by atoms with Gasteiger partial charge in [-0.1, -0.05) is 0 Å². The fraction of sp³-hybridized carbons (Fsp3) is 0.600. The van der Waals surface area contributed by atoms with E-state index in [-0.39, 0.29) is 12.4 Å². The first-order chi connectivity index (χ1) is 4.43. The molecule has 3 nitrogen and oxygen atoms in total. The Labute approximate surface area is 70.8 Å². The van der Waals surface area contributed by atoms with Crippen LogP contribution in [0.5, 0.6) is 0 Å². The lowest BCUT2D eigenvalue weighted by Crippen LogP contribution is -1.97. The Kier molecular flexibility index (Phi) is 5.35. The van der Waals surface area contributed by atoms with Crippen molar-refractivity contribution in [2.75, 3.05) is 5.88 Å². The second kappa shape index (κ2) is 5.50. The highest BCUT2D eigenvalue weighted by Gasteiger charge is 1.87. The largest absolute Gasteiger partial charge is 0.253 e. The summed E-state index contributed by atoms with van der Waals surface area (Å²) in [5.74, 6) is 0.680. The van der Waals surface area contributed by atoms with Crippen molar-refractivity contribution >= 4 is 24.0 Å². The molecule has 1 rings (SSSR count). The van der Waals surface area contributed by atoms with Crippen LogP contribution in [0.1, 0.15) is 6.42 Å². The first-order valence-electron chi connectivity index (χ1n) is 2.82. The minimum atomic E-state index is 0. The zero-order valence-corrected chi connectivity index (χ0v) is 6.98. The molecule has 0 aromatic carbocycles. The molecule has 0 aliphatic rings. The van der Waals surface area contributed by atoms with Crippen molar-refractivity contribution in [2.24, 2.45) is 0 Å². The van der Waals surface area contributed by atoms with Crippen LogP contribution in [0.15, 0.2) is 12.7 Å². The summed E-state index contributed by atoms with van der Waals surface area (Å²) in [5.41, 5.74) is 0. The van der Waals surface area contributed by atoms with Gasteiger partial charge >= 0.3 is 0 Å². The molecule has 10 heavy (non-hydrogen) atoms. The zero-order chi connectivity index (χ0) is 6.53. The second-order valence-electron chi connectivity index (χ2n) is 1.70. The number of aromatic nitrogens is 3. The van der Waals surface area contributed by atoms with E-state index in [2.05, 4.69) is 10.1 Å². The number of halogens is 2. The van der Waals surface area contributed by atoms with Gasteiger partial charge in [0.05, 0.1) is 0 Å². The molecule has 1 aromatic heterocycles. The molecule has 0 spiro atoms. The molecule has 0 saturated carbocycles. The van der Waals surface area contributed by atoms with E-state index in [1.54, 1.807) is 11.0 Å². The summed E-state index contributed by atoms with van der Waals surface area (Å²) in [6.45, 7) is 0.865. The standard InChI is InChI=1S/C5H8ClN3.ClH/c6-2-1-3-9-5-7-4-8-9;/h4-5H,1-3H2;1H. The van der Waals surface area contributed by atoms with Gasteiger partial charge in [-0.2, -0.15) is 5.10 Å². The van der Waals surface area contributed by atoms with Gasteiger partial charge in [0.25, 0.3) is 0 Å². The number of nitrogens with zero attached hydrogens (tertiary/aromatic N) is 3. The van der Waals surface area contributed by atoms with Gasteiger partial charge in [0.15, 0.2) is 0 Å². The van der Waals surface area contributed by atoms with Gasteiger partial charge in [-0.05, 0) is 6.42 Å². The van der Waals surface area contributed by atoms with Crippen molar-refractivity contribution in [3.05, 3.63) is 12.7 Å². The number of rotatable bonds is 3. The molecule has 0 fully saturated rings. The fourth-order valence-electron chi connectivity index (χ4n) is 0.570. The lowest BCUT2D eigenvalue weighted by Gasteiger charge is -1.93. The molecule has 0 N–H and O–H groups in total. The van der Waals surface area contributed by atoms with Crippen LogP contribution in [0.2, 0.25) is 0 Å². The maximum atomic E-state index is 5.46. The lowest BCUT2D eigenvalue weighted by molar-refractivity contribution is 0.603. The molecular weight excluding hydrogens is 173 g/mol. The molecule has 5 heteroatoms. The Balaban J connectivity index is 0.000000810. The van der Waals surface area contributed by atoms with Crippen LogP contribution in [0.25, 0.3) is 0 Å². The first kappa shape index (κ1) is 9.72. The van der Waals surface area contributed by atoms with Crippen LogP contribution in [0, 0.1) is 0 Å². The third kappa shape index (κ3) is 3.03. The zero-order valence-electron chi connectivity index (χ0n) is 5.40. The molecule has 1 aromatic rings. The molecule has 0 radical (unpaired) electrons. The SMILES string of the molecule is Cl.ClCCCn1cncn1. The summed E-state index contributed by atoms with van der Waals surface area (Å²) in [6.07, 6.45) is 4.16. The predicted molar refractivity (Wildman–Crippen MR) is 42.6 cm³/mol. The van der Waals surface area contributed by atoms with Gasteiger partial charge in [0.1, 0.15) is 12.7 Å². The minimum Gasteiger partial charge on any atom is -0.253 e. The Hall–Kier alpha value is -0.280. The van der Waals surface area contributed by atoms with Crippen LogP contribution in [0.3, 0.4) is 0 Å². The normalized spacial score (nSPS) is 8.90. The van der Waals surface area contributed by atoms with E-state index in [4.69, 9.17) is 11.6 Å². The molecule has 0 unspecified atom stereocenters. The molecule has 0 aliphatic heterocycles. The van der Waals surface area contributed by atoms with Crippen LogP contribution in [-0.2, 0) is 6.54 Å². The monoisotopic (exact) mass is 181 g/mol. The van der Waals surface area contributed by atoms with Gasteiger partial charge in [-0.3, -0.25) is 4.68 Å².